The molecule has 1 fully saturated rings. The number of nitrogens with one attached hydrogen (secondary N) is 1. The number of hydrogen-bond acceptors (Lipinski definition) is 2. The maximum absolute atomic E-state index is 12.0. The highest BCUT2D eigenvalue weighted by molar-refractivity contribution is 5.76. The Bertz CT molecular complexity index is 470. The van der Waals surface area contributed by atoms with Gasteiger partial charge < -0.3 is 10.1 Å². The first-order valence-electron chi connectivity index (χ1n) is 6.47. The highest BCUT2D eigenvalue weighted by atomic mass is 19.4. The topological polar surface area (TPSA) is 38.3 Å². The molecule has 1 saturated carbocycles. The number of carbonyl (C=O) groups excluding carboxylic acids is 1. The Labute approximate surface area is 115 Å². The summed E-state index contributed by atoms with van der Waals surface area (Å²) >= 11 is 0. The molecule has 3 nitrogen and oxygen atoms in total. The summed E-state index contributed by atoms with van der Waals surface area (Å²) in [4.78, 5) is 11.6. The summed E-state index contributed by atoms with van der Waals surface area (Å²) in [6.07, 6.45) is -2.82. The molecule has 1 aromatic carbocycles. The van der Waals surface area contributed by atoms with E-state index in [1.807, 2.05) is 0 Å². The van der Waals surface area contributed by atoms with E-state index in [2.05, 4.69) is 17.0 Å². The van der Waals surface area contributed by atoms with Gasteiger partial charge >= 0.3 is 6.36 Å². The van der Waals surface area contributed by atoms with Gasteiger partial charge in [0.1, 0.15) is 5.75 Å². The van der Waals surface area contributed by atoms with Crippen LogP contribution in [0.5, 0.6) is 5.75 Å². The number of amides is 1. The zero-order chi connectivity index (χ0) is 14.8. The van der Waals surface area contributed by atoms with E-state index in [1.165, 1.54) is 24.3 Å². The van der Waals surface area contributed by atoms with E-state index in [9.17, 15) is 18.0 Å². The van der Waals surface area contributed by atoms with E-state index in [1.54, 1.807) is 0 Å². The predicted octanol–water partition coefficient (Wildman–Crippen LogP) is 3.04. The largest absolute Gasteiger partial charge is 0.573 e. The normalized spacial score (nSPS) is 21.4. The van der Waals surface area contributed by atoms with Gasteiger partial charge in [-0.3, -0.25) is 4.79 Å². The lowest BCUT2D eigenvalue weighted by molar-refractivity contribution is -0.274. The Hall–Kier alpha value is -1.72. The fourth-order valence-electron chi connectivity index (χ4n) is 1.92. The van der Waals surface area contributed by atoms with Gasteiger partial charge in [0.05, 0.1) is 0 Å². The molecule has 0 radical (unpaired) electrons. The van der Waals surface area contributed by atoms with Crippen LogP contribution < -0.4 is 10.1 Å². The maximum Gasteiger partial charge on any atom is 0.573 e. The molecule has 0 bridgehead atoms. The standard InChI is InChI=1S/C14H16F3NO2/c1-9-8-12(9)18-13(19)7-4-10-2-5-11(6-3-10)20-14(15,16)17/h2-3,5-6,9,12H,4,7-8H2,1H3,(H,18,19). The van der Waals surface area contributed by atoms with Gasteiger partial charge in [0.15, 0.2) is 0 Å². The van der Waals surface area contributed by atoms with Crippen LogP contribution >= 0.6 is 0 Å². The van der Waals surface area contributed by atoms with E-state index in [0.29, 0.717) is 24.8 Å². The van der Waals surface area contributed by atoms with Crippen LogP contribution in [0, 0.1) is 5.92 Å². The first kappa shape index (κ1) is 14.7. The molecule has 2 rings (SSSR count). The summed E-state index contributed by atoms with van der Waals surface area (Å²) in [6, 6.07) is 5.88. The third-order valence-electron chi connectivity index (χ3n) is 3.25. The molecule has 0 spiro atoms. The minimum Gasteiger partial charge on any atom is -0.406 e. The molecule has 6 heteroatoms. The monoisotopic (exact) mass is 287 g/mol. The second-order valence-electron chi connectivity index (χ2n) is 5.08. The van der Waals surface area contributed by atoms with Gasteiger partial charge in [0.2, 0.25) is 5.91 Å². The second-order valence-corrected chi connectivity index (χ2v) is 5.08. The number of benzene rings is 1. The molecule has 1 aliphatic carbocycles. The summed E-state index contributed by atoms with van der Waals surface area (Å²) in [5.41, 5.74) is 0.804. The Kier molecular flexibility index (Phi) is 4.20. The molecule has 1 N–H and O–H groups in total. The number of ether oxygens (including phenoxy) is 1. The first-order valence-corrected chi connectivity index (χ1v) is 6.47. The third-order valence-corrected chi connectivity index (χ3v) is 3.25. The van der Waals surface area contributed by atoms with Crippen molar-refractivity contribution in [1.82, 2.24) is 5.32 Å². The second kappa shape index (κ2) is 5.73. The molecule has 20 heavy (non-hydrogen) atoms. The van der Waals surface area contributed by atoms with Gasteiger partial charge in [-0.1, -0.05) is 19.1 Å². The van der Waals surface area contributed by atoms with Crippen LogP contribution in [0.1, 0.15) is 25.3 Å². The molecule has 0 saturated heterocycles. The first-order chi connectivity index (χ1) is 9.33. The van der Waals surface area contributed by atoms with Crippen LogP contribution in [-0.4, -0.2) is 18.3 Å². The SMILES string of the molecule is CC1CC1NC(=O)CCc1ccc(OC(F)(F)F)cc1. The van der Waals surface area contributed by atoms with E-state index < -0.39 is 6.36 Å². The molecule has 0 aliphatic heterocycles. The van der Waals surface area contributed by atoms with Crippen molar-refractivity contribution in [3.05, 3.63) is 29.8 Å². The van der Waals surface area contributed by atoms with Gasteiger partial charge in [-0.05, 0) is 36.5 Å². The van der Waals surface area contributed by atoms with Crippen LogP contribution in [0.2, 0.25) is 0 Å². The van der Waals surface area contributed by atoms with Gasteiger partial charge in [0.25, 0.3) is 0 Å². The zero-order valence-corrected chi connectivity index (χ0v) is 11.0. The summed E-state index contributed by atoms with van der Waals surface area (Å²) in [5.74, 6) is 0.283. The van der Waals surface area contributed by atoms with Crippen LogP contribution in [0.25, 0.3) is 0 Å². The summed E-state index contributed by atoms with van der Waals surface area (Å²) in [5, 5.41) is 2.90. The number of carbonyl (C=O) groups is 1. The lowest BCUT2D eigenvalue weighted by atomic mass is 10.1. The summed E-state index contributed by atoms with van der Waals surface area (Å²) < 4.78 is 39.7. The predicted molar refractivity (Wildman–Crippen MR) is 67.2 cm³/mol. The molecule has 1 amide bonds. The fraction of sp³-hybridized carbons (Fsp3) is 0.500. The quantitative estimate of drug-likeness (QED) is 0.904. The summed E-state index contributed by atoms with van der Waals surface area (Å²) in [7, 11) is 0. The van der Waals surface area contributed by atoms with Gasteiger partial charge in [-0.2, -0.15) is 0 Å². The number of hydrogen-bond donors (Lipinski definition) is 1. The summed E-state index contributed by atoms with van der Waals surface area (Å²) in [6.45, 7) is 2.07. The third kappa shape index (κ3) is 4.75. The van der Waals surface area contributed by atoms with Crippen molar-refractivity contribution in [3.63, 3.8) is 0 Å². The number of alkyl halides is 3. The molecule has 1 aliphatic rings. The van der Waals surface area contributed by atoms with Crippen molar-refractivity contribution in [2.45, 2.75) is 38.6 Å². The molecule has 0 aromatic heterocycles. The van der Waals surface area contributed by atoms with Crippen molar-refractivity contribution >= 4 is 5.91 Å². The average Bonchev–Trinajstić information content (AvgIpc) is 3.02. The van der Waals surface area contributed by atoms with Crippen LogP contribution in [0.3, 0.4) is 0 Å². The Balaban J connectivity index is 1.77. The van der Waals surface area contributed by atoms with E-state index in [4.69, 9.17) is 0 Å². The van der Waals surface area contributed by atoms with Gasteiger partial charge in [-0.25, -0.2) is 0 Å². The zero-order valence-electron chi connectivity index (χ0n) is 11.0. The highest BCUT2D eigenvalue weighted by Gasteiger charge is 2.33. The Morgan fingerprint density at radius 2 is 1.95 bits per heavy atom. The Morgan fingerprint density at radius 3 is 2.45 bits per heavy atom. The lowest BCUT2D eigenvalue weighted by Crippen LogP contribution is -2.26. The fourth-order valence-corrected chi connectivity index (χ4v) is 1.92. The molecular formula is C14H16F3NO2. The van der Waals surface area contributed by atoms with Crippen molar-refractivity contribution in [1.29, 1.82) is 0 Å². The minimum atomic E-state index is -4.68. The van der Waals surface area contributed by atoms with Crippen molar-refractivity contribution in [3.8, 4) is 5.75 Å². The molecule has 1 aromatic rings. The molecular weight excluding hydrogens is 271 g/mol. The van der Waals surface area contributed by atoms with Gasteiger partial charge in [-0.15, -0.1) is 13.2 Å². The smallest absolute Gasteiger partial charge is 0.406 e. The number of aryl methyl sites for hydroxylation is 1. The van der Waals surface area contributed by atoms with Gasteiger partial charge in [0, 0.05) is 12.5 Å². The highest BCUT2D eigenvalue weighted by Crippen LogP contribution is 2.29. The van der Waals surface area contributed by atoms with Crippen LogP contribution in [0.4, 0.5) is 13.2 Å². The molecule has 2 unspecified atom stereocenters. The average molecular weight is 287 g/mol. The molecule has 2 atom stereocenters. The minimum absolute atomic E-state index is 0.0185. The number of halogens is 3. The molecule has 110 valence electrons. The van der Waals surface area contributed by atoms with E-state index >= 15 is 0 Å². The Morgan fingerprint density at radius 1 is 1.35 bits per heavy atom. The van der Waals surface area contributed by atoms with E-state index in [0.717, 1.165) is 12.0 Å². The van der Waals surface area contributed by atoms with Crippen LogP contribution in [0.15, 0.2) is 24.3 Å². The number of rotatable bonds is 5. The van der Waals surface area contributed by atoms with Crippen LogP contribution in [-0.2, 0) is 11.2 Å². The van der Waals surface area contributed by atoms with E-state index in [-0.39, 0.29) is 11.7 Å². The maximum atomic E-state index is 12.0. The lowest BCUT2D eigenvalue weighted by Gasteiger charge is -2.09. The van der Waals surface area contributed by atoms with Crippen molar-refractivity contribution in [2.24, 2.45) is 5.92 Å². The van der Waals surface area contributed by atoms with Crippen molar-refractivity contribution in [2.75, 3.05) is 0 Å². The van der Waals surface area contributed by atoms with Crippen molar-refractivity contribution < 1.29 is 22.7 Å². The molecule has 0 heterocycles.